The first kappa shape index (κ1) is 18.9. The van der Waals surface area contributed by atoms with Gasteiger partial charge in [-0.15, -0.1) is 0 Å². The SMILES string of the molecule is C[C@@H](C(=O)F)N(C(=O)OCC1c2ccccc2-c2ccccc21)c1ccccc1. The number of nitrogens with zero attached hydrogens (tertiary/aromatic N) is 1. The molecule has 5 heteroatoms. The Balaban J connectivity index is 1.59. The first-order valence-corrected chi connectivity index (χ1v) is 9.46. The fourth-order valence-electron chi connectivity index (χ4n) is 3.84. The second kappa shape index (κ2) is 7.87. The number of fused-ring (bicyclic) bond motifs is 3. The van der Waals surface area contributed by atoms with Gasteiger partial charge in [-0.2, -0.15) is 4.39 Å². The molecule has 3 aromatic carbocycles. The standard InChI is InChI=1S/C24H20FNO3/c1-16(23(25)27)26(17-9-3-2-4-10-17)24(28)29-15-22-20-13-7-5-11-18(20)19-12-6-8-14-21(19)22/h2-14,16,22H,15H2,1H3/t16-/m0/s1. The molecule has 1 amide bonds. The summed E-state index contributed by atoms with van der Waals surface area (Å²) in [7, 11) is 0. The summed E-state index contributed by atoms with van der Waals surface area (Å²) in [4.78, 5) is 25.2. The van der Waals surface area contributed by atoms with Crippen LogP contribution in [0, 0.1) is 0 Å². The van der Waals surface area contributed by atoms with E-state index >= 15 is 0 Å². The second-order valence-corrected chi connectivity index (χ2v) is 6.99. The number of benzene rings is 3. The van der Waals surface area contributed by atoms with Crippen LogP contribution in [0.2, 0.25) is 0 Å². The molecule has 0 saturated heterocycles. The first-order chi connectivity index (χ1) is 14.1. The maximum absolute atomic E-state index is 13.4. The van der Waals surface area contributed by atoms with Crippen LogP contribution in [0.4, 0.5) is 14.9 Å². The van der Waals surface area contributed by atoms with Crippen molar-refractivity contribution in [1.29, 1.82) is 0 Å². The van der Waals surface area contributed by atoms with Crippen LogP contribution in [0.3, 0.4) is 0 Å². The first-order valence-electron chi connectivity index (χ1n) is 9.46. The zero-order valence-corrected chi connectivity index (χ0v) is 15.9. The molecule has 0 radical (unpaired) electrons. The summed E-state index contributed by atoms with van der Waals surface area (Å²) >= 11 is 0. The minimum atomic E-state index is -1.60. The fraction of sp³-hybridized carbons (Fsp3) is 0.167. The lowest BCUT2D eigenvalue weighted by Crippen LogP contribution is -2.43. The number of hydrogen-bond donors (Lipinski definition) is 0. The monoisotopic (exact) mass is 389 g/mol. The lowest BCUT2D eigenvalue weighted by Gasteiger charge is -2.26. The molecule has 4 rings (SSSR count). The van der Waals surface area contributed by atoms with E-state index in [9.17, 15) is 14.0 Å². The van der Waals surface area contributed by atoms with E-state index in [1.54, 1.807) is 30.3 Å². The van der Waals surface area contributed by atoms with Gasteiger partial charge in [-0.3, -0.25) is 9.69 Å². The van der Waals surface area contributed by atoms with Gasteiger partial charge in [-0.05, 0) is 41.3 Å². The Morgan fingerprint density at radius 1 is 0.897 bits per heavy atom. The summed E-state index contributed by atoms with van der Waals surface area (Å²) in [6.45, 7) is 1.44. The van der Waals surface area contributed by atoms with Gasteiger partial charge in [-0.1, -0.05) is 66.7 Å². The van der Waals surface area contributed by atoms with Gasteiger partial charge in [0.15, 0.2) is 0 Å². The lowest BCUT2D eigenvalue weighted by molar-refractivity contribution is -0.130. The molecule has 4 nitrogen and oxygen atoms in total. The van der Waals surface area contributed by atoms with E-state index < -0.39 is 18.2 Å². The van der Waals surface area contributed by atoms with E-state index in [1.807, 2.05) is 36.4 Å². The summed E-state index contributed by atoms with van der Waals surface area (Å²) in [6.07, 6.45) is -0.753. The Kier molecular flexibility index (Phi) is 5.12. The highest BCUT2D eigenvalue weighted by Crippen LogP contribution is 2.44. The van der Waals surface area contributed by atoms with Crippen LogP contribution in [0.1, 0.15) is 24.0 Å². The number of carbonyl (C=O) groups is 2. The average molecular weight is 389 g/mol. The molecule has 3 aromatic rings. The maximum atomic E-state index is 13.4. The van der Waals surface area contributed by atoms with E-state index in [0.29, 0.717) is 5.69 Å². The molecule has 0 spiro atoms. The van der Waals surface area contributed by atoms with Crippen molar-refractivity contribution in [3.05, 3.63) is 90.0 Å². The number of carbonyl (C=O) groups excluding carboxylic acids is 2. The van der Waals surface area contributed by atoms with Crippen LogP contribution in [-0.2, 0) is 9.53 Å². The molecule has 0 bridgehead atoms. The quantitative estimate of drug-likeness (QED) is 0.555. The molecule has 1 aliphatic carbocycles. The van der Waals surface area contributed by atoms with Crippen LogP contribution in [0.25, 0.3) is 11.1 Å². The smallest absolute Gasteiger partial charge is 0.415 e. The molecule has 0 saturated carbocycles. The minimum absolute atomic E-state index is 0.101. The third kappa shape index (κ3) is 3.51. The molecule has 0 fully saturated rings. The molecule has 29 heavy (non-hydrogen) atoms. The van der Waals surface area contributed by atoms with Gasteiger partial charge in [0.25, 0.3) is 0 Å². The van der Waals surface area contributed by atoms with Crippen molar-refractivity contribution >= 4 is 17.8 Å². The van der Waals surface area contributed by atoms with Gasteiger partial charge in [0.2, 0.25) is 0 Å². The molecule has 0 unspecified atom stereocenters. The van der Waals surface area contributed by atoms with Crippen LogP contribution in [0.15, 0.2) is 78.9 Å². The lowest BCUT2D eigenvalue weighted by atomic mass is 9.98. The van der Waals surface area contributed by atoms with E-state index in [1.165, 1.54) is 6.92 Å². The van der Waals surface area contributed by atoms with Crippen LogP contribution in [0.5, 0.6) is 0 Å². The number of anilines is 1. The average Bonchev–Trinajstić information content (AvgIpc) is 3.07. The summed E-state index contributed by atoms with van der Waals surface area (Å²) in [6, 6.07) is 21.7. The fourth-order valence-corrected chi connectivity index (χ4v) is 3.84. The molecule has 146 valence electrons. The molecular weight excluding hydrogens is 369 g/mol. The largest absolute Gasteiger partial charge is 0.448 e. The van der Waals surface area contributed by atoms with Crippen molar-refractivity contribution in [1.82, 2.24) is 0 Å². The van der Waals surface area contributed by atoms with Crippen molar-refractivity contribution in [2.24, 2.45) is 0 Å². The Morgan fingerprint density at radius 2 is 1.41 bits per heavy atom. The Labute approximate surface area is 168 Å². The van der Waals surface area contributed by atoms with Crippen molar-refractivity contribution in [3.8, 4) is 11.1 Å². The van der Waals surface area contributed by atoms with Gasteiger partial charge in [0.1, 0.15) is 12.6 Å². The predicted octanol–water partition coefficient (Wildman–Crippen LogP) is 5.33. The molecule has 1 aliphatic rings. The highest BCUT2D eigenvalue weighted by atomic mass is 19.1. The second-order valence-electron chi connectivity index (χ2n) is 6.99. The minimum Gasteiger partial charge on any atom is -0.448 e. The van der Waals surface area contributed by atoms with Gasteiger partial charge < -0.3 is 4.74 Å². The van der Waals surface area contributed by atoms with Crippen molar-refractivity contribution in [3.63, 3.8) is 0 Å². The van der Waals surface area contributed by atoms with Crippen LogP contribution >= 0.6 is 0 Å². The Hall–Kier alpha value is -3.47. The summed E-state index contributed by atoms with van der Waals surface area (Å²) in [5, 5.41) is 0. The van der Waals surface area contributed by atoms with Crippen molar-refractivity contribution < 1.29 is 18.7 Å². The van der Waals surface area contributed by atoms with Gasteiger partial charge in [-0.25, -0.2) is 4.79 Å². The van der Waals surface area contributed by atoms with Crippen molar-refractivity contribution in [2.75, 3.05) is 11.5 Å². The topological polar surface area (TPSA) is 46.6 Å². The number of rotatable bonds is 5. The van der Waals surface area contributed by atoms with Gasteiger partial charge >= 0.3 is 12.1 Å². The molecular formula is C24H20FNO3. The summed E-state index contributed by atoms with van der Waals surface area (Å²) < 4.78 is 19.0. The van der Waals surface area contributed by atoms with E-state index in [2.05, 4.69) is 12.1 Å². The molecule has 0 N–H and O–H groups in total. The van der Waals surface area contributed by atoms with E-state index in [0.717, 1.165) is 27.2 Å². The Morgan fingerprint density at radius 3 is 1.97 bits per heavy atom. The van der Waals surface area contributed by atoms with Gasteiger partial charge in [0, 0.05) is 11.6 Å². The zero-order chi connectivity index (χ0) is 20.4. The predicted molar refractivity (Wildman–Crippen MR) is 110 cm³/mol. The highest BCUT2D eigenvalue weighted by molar-refractivity contribution is 5.95. The number of halogens is 1. The van der Waals surface area contributed by atoms with E-state index in [-0.39, 0.29) is 12.5 Å². The number of ether oxygens (including phenoxy) is 1. The normalized spacial score (nSPS) is 13.3. The molecule has 1 atom stereocenters. The molecule has 0 aliphatic heterocycles. The number of hydrogen-bond acceptors (Lipinski definition) is 3. The van der Waals surface area contributed by atoms with Crippen LogP contribution in [-0.4, -0.2) is 24.8 Å². The van der Waals surface area contributed by atoms with E-state index in [4.69, 9.17) is 4.74 Å². The summed E-state index contributed by atoms with van der Waals surface area (Å²) in [5.41, 5.74) is 4.82. The third-order valence-corrected chi connectivity index (χ3v) is 5.28. The van der Waals surface area contributed by atoms with Crippen molar-refractivity contribution in [2.45, 2.75) is 18.9 Å². The molecule has 0 aromatic heterocycles. The Bertz CT molecular complexity index is 1010. The maximum Gasteiger partial charge on any atom is 0.415 e. The van der Waals surface area contributed by atoms with Gasteiger partial charge in [0.05, 0.1) is 0 Å². The highest BCUT2D eigenvalue weighted by Gasteiger charge is 2.32. The zero-order valence-electron chi connectivity index (χ0n) is 15.9. The molecule has 0 heterocycles. The van der Waals surface area contributed by atoms with Crippen LogP contribution < -0.4 is 4.90 Å². The number of para-hydroxylation sites is 1. The third-order valence-electron chi connectivity index (χ3n) is 5.28. The summed E-state index contributed by atoms with van der Waals surface area (Å²) in [5.74, 6) is -0.111. The number of amides is 1.